The molecule has 2 rings (SSSR count). The van der Waals surface area contributed by atoms with E-state index in [4.69, 9.17) is 11.6 Å². The van der Waals surface area contributed by atoms with E-state index in [1.165, 1.54) is 12.8 Å². The molecule has 0 saturated heterocycles. The summed E-state index contributed by atoms with van der Waals surface area (Å²) in [7, 11) is 0. The summed E-state index contributed by atoms with van der Waals surface area (Å²) in [6.07, 6.45) is 8.14. The van der Waals surface area contributed by atoms with E-state index < -0.39 is 0 Å². The Labute approximate surface area is 141 Å². The Morgan fingerprint density at radius 3 is 2.64 bits per heavy atom. The molecule has 4 nitrogen and oxygen atoms in total. The summed E-state index contributed by atoms with van der Waals surface area (Å²) in [6.45, 7) is 4.05. The molecule has 0 spiro atoms. The molecule has 1 aromatic heterocycles. The van der Waals surface area contributed by atoms with Gasteiger partial charge in [-0.3, -0.25) is 4.79 Å². The lowest BCUT2D eigenvalue weighted by atomic mass is 9.94. The Bertz CT molecular complexity index is 516. The van der Waals surface area contributed by atoms with E-state index in [0.717, 1.165) is 23.8 Å². The molecule has 122 valence electrons. The maximum atomic E-state index is 12.5. The Kier molecular flexibility index (Phi) is 6.38. The molecule has 1 fully saturated rings. The molecule has 1 saturated carbocycles. The first-order chi connectivity index (χ1) is 10.5. The number of amides is 1. The second kappa shape index (κ2) is 8.06. The third-order valence-corrected chi connectivity index (χ3v) is 5.25. The van der Waals surface area contributed by atoms with E-state index in [1.54, 1.807) is 12.3 Å². The summed E-state index contributed by atoms with van der Waals surface area (Å²) in [6, 6.07) is 2.20. The van der Waals surface area contributed by atoms with Crippen LogP contribution in [0.3, 0.4) is 0 Å². The summed E-state index contributed by atoms with van der Waals surface area (Å²) in [5, 5.41) is 7.53. The van der Waals surface area contributed by atoms with Crippen molar-refractivity contribution in [3.05, 3.63) is 23.0 Å². The molecule has 0 unspecified atom stereocenters. The second-order valence-electron chi connectivity index (χ2n) is 6.03. The van der Waals surface area contributed by atoms with Crippen molar-refractivity contribution >= 4 is 35.0 Å². The quantitative estimate of drug-likeness (QED) is 0.796. The van der Waals surface area contributed by atoms with E-state index in [1.807, 2.05) is 25.6 Å². The highest BCUT2D eigenvalue weighted by Crippen LogP contribution is 2.27. The van der Waals surface area contributed by atoms with Crippen LogP contribution in [-0.4, -0.2) is 34.5 Å². The van der Waals surface area contributed by atoms with E-state index >= 15 is 0 Å². The number of carbonyl (C=O) groups is 1. The molecule has 22 heavy (non-hydrogen) atoms. The summed E-state index contributed by atoms with van der Waals surface area (Å²) >= 11 is 7.87. The van der Waals surface area contributed by atoms with Gasteiger partial charge in [0.25, 0.3) is 5.91 Å². The molecule has 2 N–H and O–H groups in total. The first kappa shape index (κ1) is 17.4. The van der Waals surface area contributed by atoms with Crippen LogP contribution in [0.5, 0.6) is 0 Å². The van der Waals surface area contributed by atoms with Gasteiger partial charge in [-0.05, 0) is 51.9 Å². The van der Waals surface area contributed by atoms with E-state index in [9.17, 15) is 4.79 Å². The SMILES string of the molecule is CS[C@H]1CC[C@H](NC(=O)c2cnc(Cl)cc2NC(C)C)CC1. The molecular formula is C16H24ClN3OS. The Morgan fingerprint density at radius 2 is 2.05 bits per heavy atom. The van der Waals surface area contributed by atoms with Crippen molar-refractivity contribution in [1.29, 1.82) is 0 Å². The van der Waals surface area contributed by atoms with E-state index in [-0.39, 0.29) is 18.0 Å². The Balaban J connectivity index is 2.03. The third kappa shape index (κ3) is 4.78. The van der Waals surface area contributed by atoms with Crippen LogP contribution < -0.4 is 10.6 Å². The van der Waals surface area contributed by atoms with Crippen LogP contribution in [0.15, 0.2) is 12.3 Å². The molecule has 1 aromatic rings. The number of thioether (sulfide) groups is 1. The summed E-state index contributed by atoms with van der Waals surface area (Å²) in [4.78, 5) is 16.6. The van der Waals surface area contributed by atoms with Gasteiger partial charge in [0.05, 0.1) is 11.3 Å². The third-order valence-electron chi connectivity index (χ3n) is 3.90. The molecular weight excluding hydrogens is 318 g/mol. The average molecular weight is 342 g/mol. The van der Waals surface area contributed by atoms with Crippen molar-refractivity contribution in [3.8, 4) is 0 Å². The summed E-state index contributed by atoms with van der Waals surface area (Å²) in [5.41, 5.74) is 1.30. The van der Waals surface area contributed by atoms with Gasteiger partial charge in [0, 0.05) is 23.5 Å². The van der Waals surface area contributed by atoms with Crippen LogP contribution in [-0.2, 0) is 0 Å². The molecule has 0 aromatic carbocycles. The first-order valence-electron chi connectivity index (χ1n) is 7.75. The van der Waals surface area contributed by atoms with Crippen molar-refractivity contribution in [2.45, 2.75) is 56.9 Å². The van der Waals surface area contributed by atoms with Gasteiger partial charge >= 0.3 is 0 Å². The number of halogens is 1. The van der Waals surface area contributed by atoms with Gasteiger partial charge in [0.15, 0.2) is 0 Å². The van der Waals surface area contributed by atoms with Crippen LogP contribution in [0.4, 0.5) is 5.69 Å². The maximum Gasteiger partial charge on any atom is 0.255 e. The number of aromatic nitrogens is 1. The minimum Gasteiger partial charge on any atom is -0.382 e. The molecule has 1 amide bonds. The predicted molar refractivity (Wildman–Crippen MR) is 95.0 cm³/mol. The summed E-state index contributed by atoms with van der Waals surface area (Å²) < 4.78 is 0. The lowest BCUT2D eigenvalue weighted by Gasteiger charge is -2.28. The minimum atomic E-state index is -0.0695. The number of hydrogen-bond donors (Lipinski definition) is 2. The van der Waals surface area contributed by atoms with Crippen molar-refractivity contribution in [2.24, 2.45) is 0 Å². The average Bonchev–Trinajstić information content (AvgIpc) is 2.47. The number of hydrogen-bond acceptors (Lipinski definition) is 4. The van der Waals surface area contributed by atoms with Crippen molar-refractivity contribution < 1.29 is 4.79 Å². The van der Waals surface area contributed by atoms with Crippen molar-refractivity contribution in [2.75, 3.05) is 11.6 Å². The highest BCUT2D eigenvalue weighted by Gasteiger charge is 2.23. The first-order valence-corrected chi connectivity index (χ1v) is 9.42. The molecule has 0 aliphatic heterocycles. The highest BCUT2D eigenvalue weighted by molar-refractivity contribution is 7.99. The van der Waals surface area contributed by atoms with Gasteiger partial charge in [0.1, 0.15) is 5.15 Å². The lowest BCUT2D eigenvalue weighted by molar-refractivity contribution is 0.0928. The van der Waals surface area contributed by atoms with Crippen molar-refractivity contribution in [1.82, 2.24) is 10.3 Å². The largest absolute Gasteiger partial charge is 0.382 e. The lowest BCUT2D eigenvalue weighted by Crippen LogP contribution is -2.38. The second-order valence-corrected chi connectivity index (χ2v) is 7.56. The van der Waals surface area contributed by atoms with Crippen LogP contribution >= 0.6 is 23.4 Å². The van der Waals surface area contributed by atoms with Gasteiger partial charge in [-0.25, -0.2) is 4.98 Å². The number of nitrogens with zero attached hydrogens (tertiary/aromatic N) is 1. The zero-order valence-corrected chi connectivity index (χ0v) is 14.9. The number of pyridine rings is 1. The maximum absolute atomic E-state index is 12.5. The van der Waals surface area contributed by atoms with Gasteiger partial charge < -0.3 is 10.6 Å². The molecule has 1 aliphatic carbocycles. The normalized spacial score (nSPS) is 21.7. The molecule has 1 heterocycles. The number of anilines is 1. The molecule has 0 atom stereocenters. The fraction of sp³-hybridized carbons (Fsp3) is 0.625. The monoisotopic (exact) mass is 341 g/mol. The predicted octanol–water partition coefficient (Wildman–Crippen LogP) is 3.96. The van der Waals surface area contributed by atoms with Crippen LogP contribution in [0.25, 0.3) is 0 Å². The molecule has 0 radical (unpaired) electrons. The summed E-state index contributed by atoms with van der Waals surface area (Å²) in [5.74, 6) is -0.0695. The molecule has 1 aliphatic rings. The standard InChI is InChI=1S/C16H24ClN3OS/c1-10(2)19-14-8-15(17)18-9-13(14)16(21)20-11-4-6-12(22-3)7-5-11/h8-12H,4-7H2,1-3H3,(H,18,19)(H,20,21)/t11-,12-. The highest BCUT2D eigenvalue weighted by atomic mass is 35.5. The number of rotatable bonds is 5. The van der Waals surface area contributed by atoms with Crippen molar-refractivity contribution in [3.63, 3.8) is 0 Å². The fourth-order valence-electron chi connectivity index (χ4n) is 2.75. The van der Waals surface area contributed by atoms with Gasteiger partial charge in [0.2, 0.25) is 0 Å². The fourth-order valence-corrected chi connectivity index (χ4v) is 3.65. The van der Waals surface area contributed by atoms with Crippen LogP contribution in [0, 0.1) is 0 Å². The minimum absolute atomic E-state index is 0.0695. The Hall–Kier alpha value is -0.940. The zero-order chi connectivity index (χ0) is 16.1. The smallest absolute Gasteiger partial charge is 0.255 e. The van der Waals surface area contributed by atoms with Gasteiger partial charge in [-0.2, -0.15) is 11.8 Å². The topological polar surface area (TPSA) is 54.0 Å². The van der Waals surface area contributed by atoms with E-state index in [0.29, 0.717) is 10.7 Å². The van der Waals surface area contributed by atoms with Crippen LogP contribution in [0.2, 0.25) is 5.15 Å². The van der Waals surface area contributed by atoms with Gasteiger partial charge in [-0.15, -0.1) is 0 Å². The number of carbonyl (C=O) groups excluding carboxylic acids is 1. The molecule has 0 bridgehead atoms. The number of nitrogens with one attached hydrogen (secondary N) is 2. The van der Waals surface area contributed by atoms with Gasteiger partial charge in [-0.1, -0.05) is 11.6 Å². The Morgan fingerprint density at radius 1 is 1.36 bits per heavy atom. The molecule has 6 heteroatoms. The van der Waals surface area contributed by atoms with E-state index in [2.05, 4.69) is 21.9 Å². The zero-order valence-electron chi connectivity index (χ0n) is 13.4. The van der Waals surface area contributed by atoms with Crippen LogP contribution in [0.1, 0.15) is 49.9 Å².